The van der Waals surface area contributed by atoms with Crippen molar-refractivity contribution < 1.29 is 21.6 Å². The lowest BCUT2D eigenvalue weighted by molar-refractivity contribution is 0.102. The van der Waals surface area contributed by atoms with Crippen molar-refractivity contribution in [2.45, 2.75) is 9.79 Å². The van der Waals surface area contributed by atoms with Crippen LogP contribution in [0.1, 0.15) is 10.4 Å². The van der Waals surface area contributed by atoms with E-state index in [0.29, 0.717) is 16.3 Å². The summed E-state index contributed by atoms with van der Waals surface area (Å²) in [6.07, 6.45) is 0. The highest BCUT2D eigenvalue weighted by molar-refractivity contribution is 7.92. The van der Waals surface area contributed by atoms with Crippen molar-refractivity contribution >= 4 is 48.9 Å². The molecule has 156 valence electrons. The van der Waals surface area contributed by atoms with Gasteiger partial charge >= 0.3 is 0 Å². The van der Waals surface area contributed by atoms with Gasteiger partial charge in [-0.25, -0.2) is 22.0 Å². The number of benzene rings is 3. The Balaban J connectivity index is 1.73. The molecular formula is C19H16ClN3O5S2. The largest absolute Gasteiger partial charge is 0.322 e. The van der Waals surface area contributed by atoms with Gasteiger partial charge in [-0.2, -0.15) is 0 Å². The molecule has 0 saturated carbocycles. The summed E-state index contributed by atoms with van der Waals surface area (Å²) in [4.78, 5) is 12.1. The van der Waals surface area contributed by atoms with E-state index in [1.54, 1.807) is 24.3 Å². The van der Waals surface area contributed by atoms with Crippen LogP contribution in [0.4, 0.5) is 11.4 Å². The molecule has 0 aliphatic rings. The first kappa shape index (κ1) is 21.8. The van der Waals surface area contributed by atoms with Crippen LogP contribution >= 0.6 is 11.6 Å². The lowest BCUT2D eigenvalue weighted by Gasteiger charge is -2.10. The number of carbonyl (C=O) groups is 1. The smallest absolute Gasteiger partial charge is 0.261 e. The van der Waals surface area contributed by atoms with Gasteiger partial charge in [-0.05, 0) is 60.7 Å². The number of sulfonamides is 2. The summed E-state index contributed by atoms with van der Waals surface area (Å²) in [5.41, 5.74) is 0.843. The first-order chi connectivity index (χ1) is 14.1. The van der Waals surface area contributed by atoms with Gasteiger partial charge in [-0.3, -0.25) is 9.52 Å². The second kappa shape index (κ2) is 8.44. The van der Waals surface area contributed by atoms with Gasteiger partial charge in [-0.15, -0.1) is 0 Å². The highest BCUT2D eigenvalue weighted by atomic mass is 35.5. The van der Waals surface area contributed by atoms with E-state index in [2.05, 4.69) is 10.0 Å². The molecule has 0 aliphatic heterocycles. The molecule has 3 aromatic rings. The zero-order valence-electron chi connectivity index (χ0n) is 15.2. The van der Waals surface area contributed by atoms with Crippen molar-refractivity contribution in [2.24, 2.45) is 5.14 Å². The van der Waals surface area contributed by atoms with E-state index in [1.165, 1.54) is 48.5 Å². The van der Waals surface area contributed by atoms with E-state index in [-0.39, 0.29) is 15.5 Å². The molecule has 30 heavy (non-hydrogen) atoms. The molecule has 0 heterocycles. The summed E-state index contributed by atoms with van der Waals surface area (Å²) in [5.74, 6) is -0.427. The molecule has 0 saturated heterocycles. The number of hydrogen-bond donors (Lipinski definition) is 3. The number of hydrogen-bond acceptors (Lipinski definition) is 5. The van der Waals surface area contributed by atoms with Crippen molar-refractivity contribution in [1.82, 2.24) is 0 Å². The molecule has 0 bridgehead atoms. The van der Waals surface area contributed by atoms with E-state index in [0.717, 1.165) is 0 Å². The second-order valence-electron chi connectivity index (χ2n) is 6.13. The van der Waals surface area contributed by atoms with Crippen molar-refractivity contribution in [3.63, 3.8) is 0 Å². The second-order valence-corrected chi connectivity index (χ2v) is 9.78. The van der Waals surface area contributed by atoms with E-state index in [4.69, 9.17) is 16.7 Å². The fraction of sp³-hybridized carbons (Fsp3) is 0. The molecule has 0 atom stereocenters. The van der Waals surface area contributed by atoms with E-state index in [9.17, 15) is 21.6 Å². The standard InChI is InChI=1S/C19H16ClN3O5S2/c20-18-4-2-1-3-17(18)19(24)22-13-5-11-16(12-6-13)30(27,28)23-14-7-9-15(10-8-14)29(21,25)26/h1-12,23H,(H,22,24)(H2,21,25,26). The van der Waals surface area contributed by atoms with E-state index < -0.39 is 26.0 Å². The minimum absolute atomic E-state index is 0.0474. The number of rotatable bonds is 6. The normalized spacial score (nSPS) is 11.7. The molecule has 3 aromatic carbocycles. The van der Waals surface area contributed by atoms with Crippen molar-refractivity contribution in [1.29, 1.82) is 0 Å². The Hall–Kier alpha value is -2.92. The van der Waals surface area contributed by atoms with Crippen LogP contribution in [0.5, 0.6) is 0 Å². The first-order valence-electron chi connectivity index (χ1n) is 8.38. The summed E-state index contributed by atoms with van der Waals surface area (Å²) in [6, 6.07) is 17.0. The molecule has 11 heteroatoms. The lowest BCUT2D eigenvalue weighted by atomic mass is 10.2. The first-order valence-corrected chi connectivity index (χ1v) is 11.8. The van der Waals surface area contributed by atoms with E-state index in [1.807, 2.05) is 0 Å². The number of carbonyl (C=O) groups excluding carboxylic acids is 1. The Bertz CT molecular complexity index is 1290. The summed E-state index contributed by atoms with van der Waals surface area (Å²) in [7, 11) is -7.80. The van der Waals surface area contributed by atoms with Gasteiger partial charge in [0.2, 0.25) is 10.0 Å². The number of nitrogens with one attached hydrogen (secondary N) is 2. The highest BCUT2D eigenvalue weighted by Crippen LogP contribution is 2.21. The molecule has 8 nitrogen and oxygen atoms in total. The van der Waals surface area contributed by atoms with Crippen LogP contribution in [0.2, 0.25) is 5.02 Å². The molecule has 3 rings (SSSR count). The van der Waals surface area contributed by atoms with Crippen LogP contribution in [-0.2, 0) is 20.0 Å². The number of nitrogens with two attached hydrogens (primary N) is 1. The predicted octanol–water partition coefficient (Wildman–Crippen LogP) is 3.04. The Morgan fingerprint density at radius 2 is 1.30 bits per heavy atom. The zero-order valence-corrected chi connectivity index (χ0v) is 17.6. The molecule has 0 radical (unpaired) electrons. The molecule has 0 unspecified atom stereocenters. The van der Waals surface area contributed by atoms with Crippen LogP contribution in [0.15, 0.2) is 82.6 Å². The molecule has 1 amide bonds. The Morgan fingerprint density at radius 3 is 1.87 bits per heavy atom. The SMILES string of the molecule is NS(=O)(=O)c1ccc(NS(=O)(=O)c2ccc(NC(=O)c3ccccc3Cl)cc2)cc1. The maximum absolute atomic E-state index is 12.5. The van der Waals surface area contributed by atoms with Crippen LogP contribution in [0, 0.1) is 0 Å². The van der Waals surface area contributed by atoms with Gasteiger partial charge in [-0.1, -0.05) is 23.7 Å². The molecule has 0 aliphatic carbocycles. The van der Waals surface area contributed by atoms with Gasteiger partial charge in [0.05, 0.1) is 20.4 Å². The topological polar surface area (TPSA) is 135 Å². The minimum atomic E-state index is -3.93. The van der Waals surface area contributed by atoms with Crippen molar-refractivity contribution in [2.75, 3.05) is 10.0 Å². The minimum Gasteiger partial charge on any atom is -0.322 e. The predicted molar refractivity (Wildman–Crippen MR) is 114 cm³/mol. The van der Waals surface area contributed by atoms with Crippen molar-refractivity contribution in [3.05, 3.63) is 83.4 Å². The summed E-state index contributed by atoms with van der Waals surface area (Å²) >= 11 is 5.99. The molecule has 0 spiro atoms. The average Bonchev–Trinajstić information content (AvgIpc) is 2.68. The third-order valence-corrected chi connectivity index (χ3v) is 6.63. The fourth-order valence-corrected chi connectivity index (χ4v) is 4.28. The Kier molecular flexibility index (Phi) is 6.13. The highest BCUT2D eigenvalue weighted by Gasteiger charge is 2.16. The van der Waals surface area contributed by atoms with Gasteiger partial charge in [0, 0.05) is 11.4 Å². The van der Waals surface area contributed by atoms with Gasteiger partial charge in [0.25, 0.3) is 15.9 Å². The number of amides is 1. The van der Waals surface area contributed by atoms with Crippen molar-refractivity contribution in [3.8, 4) is 0 Å². The average molecular weight is 466 g/mol. The summed E-state index contributed by atoms with van der Waals surface area (Å²) < 4.78 is 49.9. The third-order valence-electron chi connectivity index (χ3n) is 3.98. The number of anilines is 2. The Labute approximate surface area is 178 Å². The summed E-state index contributed by atoms with van der Waals surface area (Å²) in [5, 5.41) is 7.95. The lowest BCUT2D eigenvalue weighted by Crippen LogP contribution is -2.15. The third kappa shape index (κ3) is 5.16. The fourth-order valence-electron chi connectivity index (χ4n) is 2.49. The number of primary sulfonamides is 1. The zero-order chi connectivity index (χ0) is 21.9. The quantitative estimate of drug-likeness (QED) is 0.514. The van der Waals surface area contributed by atoms with Crippen LogP contribution in [-0.4, -0.2) is 22.7 Å². The molecular weight excluding hydrogens is 450 g/mol. The maximum atomic E-state index is 12.5. The maximum Gasteiger partial charge on any atom is 0.261 e. The van der Waals surface area contributed by atoms with Gasteiger partial charge in [0.15, 0.2) is 0 Å². The van der Waals surface area contributed by atoms with E-state index >= 15 is 0 Å². The van der Waals surface area contributed by atoms with Crippen LogP contribution in [0.25, 0.3) is 0 Å². The molecule has 4 N–H and O–H groups in total. The Morgan fingerprint density at radius 1 is 0.767 bits per heavy atom. The van der Waals surface area contributed by atoms with Crippen LogP contribution < -0.4 is 15.2 Å². The number of halogens is 1. The summed E-state index contributed by atoms with van der Waals surface area (Å²) in [6.45, 7) is 0. The van der Waals surface area contributed by atoms with Gasteiger partial charge in [0.1, 0.15) is 0 Å². The van der Waals surface area contributed by atoms with Gasteiger partial charge < -0.3 is 5.32 Å². The molecule has 0 aromatic heterocycles. The van der Waals surface area contributed by atoms with Crippen LogP contribution in [0.3, 0.4) is 0 Å². The molecule has 0 fully saturated rings. The monoisotopic (exact) mass is 465 g/mol.